The third-order valence-corrected chi connectivity index (χ3v) is 3.25. The third-order valence-electron chi connectivity index (χ3n) is 3.25. The summed E-state index contributed by atoms with van der Waals surface area (Å²) in [4.78, 5) is 0.644. The smallest absolute Gasteiger partial charge is 0.311 e. The van der Waals surface area contributed by atoms with Crippen molar-refractivity contribution in [3.05, 3.63) is 35.9 Å². The van der Waals surface area contributed by atoms with Gasteiger partial charge in [0.2, 0.25) is 0 Å². The number of benzene rings is 1. The third kappa shape index (κ3) is 3.46. The Bertz CT molecular complexity index is 364. The minimum atomic E-state index is -4.20. The first-order valence-electron chi connectivity index (χ1n) is 6.15. The van der Waals surface area contributed by atoms with Crippen molar-refractivity contribution in [1.29, 1.82) is 0 Å². The van der Waals surface area contributed by atoms with Gasteiger partial charge in [-0.15, -0.1) is 0 Å². The molecule has 1 N–H and O–H groups in total. The summed E-state index contributed by atoms with van der Waals surface area (Å²) < 4.78 is 38.0. The maximum Gasteiger partial charge on any atom is 0.460 e. The van der Waals surface area contributed by atoms with Gasteiger partial charge in [0.1, 0.15) is 0 Å². The van der Waals surface area contributed by atoms with Gasteiger partial charge >= 0.3 is 6.30 Å². The topological polar surface area (TPSA) is 15.3 Å². The first kappa shape index (κ1) is 13.4. The lowest BCUT2D eigenvalue weighted by Gasteiger charge is -2.26. The molecule has 1 aromatic rings. The molecule has 1 aromatic carbocycles. The minimum absolute atomic E-state index is 0.126. The van der Waals surface area contributed by atoms with Crippen LogP contribution in [0.15, 0.2) is 30.3 Å². The molecule has 0 unspecified atom stereocenters. The summed E-state index contributed by atoms with van der Waals surface area (Å²) in [6, 6.07) is 9.27. The molecule has 0 spiro atoms. The van der Waals surface area contributed by atoms with Gasteiger partial charge in [-0.3, -0.25) is 0 Å². The number of rotatable bonds is 4. The lowest BCUT2D eigenvalue weighted by molar-refractivity contribution is -0.249. The zero-order chi connectivity index (χ0) is 13.0. The summed E-state index contributed by atoms with van der Waals surface area (Å²) in [6.07, 6.45) is -2.96. The van der Waals surface area contributed by atoms with Crippen LogP contribution in [0, 0.1) is 0 Å². The van der Waals surface area contributed by atoms with E-state index in [0.29, 0.717) is 30.8 Å². The zero-order valence-corrected chi connectivity index (χ0v) is 10.1. The molecule has 2 rings (SSSR count). The first-order chi connectivity index (χ1) is 8.57. The van der Waals surface area contributed by atoms with Crippen LogP contribution in [0.2, 0.25) is 0 Å². The molecule has 1 fully saturated rings. The molecular weight excluding hydrogens is 241 g/mol. The Hall–Kier alpha value is -1.07. The fraction of sp³-hybridized carbons (Fsp3) is 0.538. The summed E-state index contributed by atoms with van der Waals surface area (Å²) in [7, 11) is 0. The molecule has 1 atom stereocenters. The highest BCUT2D eigenvalue weighted by Crippen LogP contribution is 2.30. The largest absolute Gasteiger partial charge is 0.460 e. The van der Waals surface area contributed by atoms with E-state index in [1.165, 1.54) is 0 Å². The molecule has 0 aromatic heterocycles. The van der Waals surface area contributed by atoms with E-state index in [1.54, 1.807) is 0 Å². The Morgan fingerprint density at radius 3 is 2.61 bits per heavy atom. The van der Waals surface area contributed by atoms with Gasteiger partial charge < -0.3 is 5.32 Å². The van der Waals surface area contributed by atoms with Crippen LogP contribution in [-0.2, 0) is 6.54 Å². The summed E-state index contributed by atoms with van der Waals surface area (Å²) >= 11 is 0. The second kappa shape index (κ2) is 5.71. The molecular formula is C13H17F3N2. The normalized spacial score (nSPS) is 21.4. The lowest BCUT2D eigenvalue weighted by atomic mass is 10.2. The van der Waals surface area contributed by atoms with Crippen LogP contribution in [-0.4, -0.2) is 30.3 Å². The van der Waals surface area contributed by atoms with Gasteiger partial charge in [-0.1, -0.05) is 30.3 Å². The maximum absolute atomic E-state index is 12.7. The number of nitrogens with one attached hydrogen (secondary N) is 1. The summed E-state index contributed by atoms with van der Waals surface area (Å²) in [5.41, 5.74) is 1.09. The Morgan fingerprint density at radius 2 is 1.94 bits per heavy atom. The van der Waals surface area contributed by atoms with E-state index in [-0.39, 0.29) is 6.54 Å². The zero-order valence-electron chi connectivity index (χ0n) is 10.1. The van der Waals surface area contributed by atoms with Crippen molar-refractivity contribution < 1.29 is 13.2 Å². The summed E-state index contributed by atoms with van der Waals surface area (Å²) in [5.74, 6) is 0. The van der Waals surface area contributed by atoms with Crippen LogP contribution in [0.3, 0.4) is 0 Å². The number of hydrogen-bond acceptors (Lipinski definition) is 2. The van der Waals surface area contributed by atoms with E-state index in [2.05, 4.69) is 5.32 Å². The average Bonchev–Trinajstić information content (AvgIpc) is 2.78. The van der Waals surface area contributed by atoms with E-state index in [4.69, 9.17) is 0 Å². The molecule has 0 aliphatic carbocycles. The molecule has 5 heteroatoms. The first-order valence-corrected chi connectivity index (χ1v) is 6.15. The van der Waals surface area contributed by atoms with Crippen molar-refractivity contribution in [2.45, 2.75) is 31.7 Å². The van der Waals surface area contributed by atoms with E-state index in [9.17, 15) is 13.2 Å². The van der Waals surface area contributed by atoms with E-state index >= 15 is 0 Å². The van der Waals surface area contributed by atoms with Crippen molar-refractivity contribution in [2.24, 2.45) is 0 Å². The molecule has 2 nitrogen and oxygen atoms in total. The lowest BCUT2D eigenvalue weighted by Crippen LogP contribution is -2.45. The van der Waals surface area contributed by atoms with Crippen molar-refractivity contribution >= 4 is 0 Å². The van der Waals surface area contributed by atoms with Crippen LogP contribution in [0.5, 0.6) is 0 Å². The van der Waals surface area contributed by atoms with Crippen molar-refractivity contribution in [2.75, 3.05) is 13.1 Å². The van der Waals surface area contributed by atoms with Gasteiger partial charge in [-0.25, -0.2) is 4.90 Å². The molecule has 0 saturated carbocycles. The Morgan fingerprint density at radius 1 is 1.22 bits per heavy atom. The SMILES string of the molecule is FC(F)(F)N1CCC[C@H]1CNCc1ccccc1. The van der Waals surface area contributed by atoms with Crippen LogP contribution in [0.4, 0.5) is 13.2 Å². The number of likely N-dealkylation sites (tertiary alicyclic amines) is 1. The minimum Gasteiger partial charge on any atom is -0.311 e. The second-order valence-corrected chi connectivity index (χ2v) is 4.57. The highest BCUT2D eigenvalue weighted by Gasteiger charge is 2.43. The number of halogens is 3. The standard InChI is InChI=1S/C13H17F3N2/c14-13(15,16)18-8-4-7-12(18)10-17-9-11-5-2-1-3-6-11/h1-3,5-6,12,17H,4,7-10H2/t12-/m0/s1. The van der Waals surface area contributed by atoms with E-state index < -0.39 is 12.3 Å². The van der Waals surface area contributed by atoms with Crippen LogP contribution in [0.1, 0.15) is 18.4 Å². The molecule has 1 aliphatic rings. The number of alkyl halides is 3. The predicted octanol–water partition coefficient (Wildman–Crippen LogP) is 2.76. The Labute approximate surface area is 105 Å². The van der Waals surface area contributed by atoms with Gasteiger partial charge in [-0.2, -0.15) is 13.2 Å². The monoisotopic (exact) mass is 258 g/mol. The highest BCUT2D eigenvalue weighted by atomic mass is 19.4. The maximum atomic E-state index is 12.7. The number of hydrogen-bond donors (Lipinski definition) is 1. The van der Waals surface area contributed by atoms with Crippen LogP contribution >= 0.6 is 0 Å². The quantitative estimate of drug-likeness (QED) is 0.835. The van der Waals surface area contributed by atoms with Gasteiger partial charge in [0, 0.05) is 25.7 Å². The van der Waals surface area contributed by atoms with E-state index in [1.807, 2.05) is 30.3 Å². The average molecular weight is 258 g/mol. The highest BCUT2D eigenvalue weighted by molar-refractivity contribution is 5.14. The van der Waals surface area contributed by atoms with E-state index in [0.717, 1.165) is 5.56 Å². The van der Waals surface area contributed by atoms with Gasteiger partial charge in [0.05, 0.1) is 0 Å². The molecule has 1 saturated heterocycles. The van der Waals surface area contributed by atoms with Gasteiger partial charge in [0.15, 0.2) is 0 Å². The predicted molar refractivity (Wildman–Crippen MR) is 63.9 cm³/mol. The summed E-state index contributed by atoms with van der Waals surface area (Å²) in [6.45, 7) is 1.12. The molecule has 0 bridgehead atoms. The number of nitrogens with zero attached hydrogens (tertiary/aromatic N) is 1. The molecule has 100 valence electrons. The Balaban J connectivity index is 1.80. The van der Waals surface area contributed by atoms with Crippen LogP contribution in [0.25, 0.3) is 0 Å². The molecule has 1 aliphatic heterocycles. The molecule has 0 radical (unpaired) electrons. The molecule has 0 amide bonds. The Kier molecular flexibility index (Phi) is 4.24. The second-order valence-electron chi connectivity index (χ2n) is 4.57. The van der Waals surface area contributed by atoms with Crippen molar-refractivity contribution in [3.63, 3.8) is 0 Å². The molecule has 18 heavy (non-hydrogen) atoms. The fourth-order valence-corrected chi connectivity index (χ4v) is 2.36. The van der Waals surface area contributed by atoms with Crippen LogP contribution < -0.4 is 5.32 Å². The fourth-order valence-electron chi connectivity index (χ4n) is 2.36. The van der Waals surface area contributed by atoms with Crippen molar-refractivity contribution in [1.82, 2.24) is 10.2 Å². The van der Waals surface area contributed by atoms with Gasteiger partial charge in [0.25, 0.3) is 0 Å². The summed E-state index contributed by atoms with van der Waals surface area (Å²) in [5, 5.41) is 3.10. The van der Waals surface area contributed by atoms with Gasteiger partial charge in [-0.05, 0) is 18.4 Å². The molecule has 1 heterocycles. The van der Waals surface area contributed by atoms with Crippen molar-refractivity contribution in [3.8, 4) is 0 Å².